The lowest BCUT2D eigenvalue weighted by molar-refractivity contribution is -0.138. The number of alkyl halides is 2. The largest absolute Gasteiger partial charge is 0.336 e. The maximum absolute atomic E-state index is 12.8. The van der Waals surface area contributed by atoms with Crippen molar-refractivity contribution < 1.29 is 13.6 Å². The summed E-state index contributed by atoms with van der Waals surface area (Å²) < 4.78 is 27.3. The van der Waals surface area contributed by atoms with Crippen molar-refractivity contribution in [1.29, 1.82) is 0 Å². The summed E-state index contributed by atoms with van der Waals surface area (Å²) in [6, 6.07) is 0.380. The standard InChI is InChI=1S/C14H20BrF2N3O/c1-8-5-4-6-9(2)20(8)11(21)7-19-10(3)12(15)13(18-19)14(16)17/h8-9,14H,4-7H2,1-3H3/t8-,9-/m1/s1. The van der Waals surface area contributed by atoms with E-state index < -0.39 is 6.43 Å². The van der Waals surface area contributed by atoms with Gasteiger partial charge in [-0.1, -0.05) is 0 Å². The van der Waals surface area contributed by atoms with E-state index in [9.17, 15) is 13.6 Å². The third kappa shape index (κ3) is 3.27. The summed E-state index contributed by atoms with van der Waals surface area (Å²) >= 11 is 3.12. The summed E-state index contributed by atoms with van der Waals surface area (Å²) in [6.07, 6.45) is 0.441. The molecule has 1 aromatic heterocycles. The molecule has 0 spiro atoms. The van der Waals surface area contributed by atoms with Gasteiger partial charge in [0.25, 0.3) is 6.43 Å². The van der Waals surface area contributed by atoms with Gasteiger partial charge in [0.1, 0.15) is 12.2 Å². The Hall–Kier alpha value is -0.980. The predicted octanol–water partition coefficient (Wildman–Crippen LogP) is 3.68. The average molecular weight is 364 g/mol. The summed E-state index contributed by atoms with van der Waals surface area (Å²) in [7, 11) is 0. The molecule has 1 saturated heterocycles. The van der Waals surface area contributed by atoms with E-state index in [-0.39, 0.29) is 34.7 Å². The van der Waals surface area contributed by atoms with E-state index in [1.54, 1.807) is 6.92 Å². The predicted molar refractivity (Wildman–Crippen MR) is 79.2 cm³/mol. The van der Waals surface area contributed by atoms with E-state index >= 15 is 0 Å². The second-order valence-corrected chi connectivity index (χ2v) is 6.47. The number of aromatic nitrogens is 2. The van der Waals surface area contributed by atoms with Crippen molar-refractivity contribution in [3.05, 3.63) is 15.9 Å². The van der Waals surface area contributed by atoms with Crippen molar-refractivity contribution in [2.24, 2.45) is 0 Å². The first kappa shape index (κ1) is 16.4. The fraction of sp³-hybridized carbons (Fsp3) is 0.714. The molecule has 2 heterocycles. The van der Waals surface area contributed by atoms with Crippen LogP contribution in [0.15, 0.2) is 4.47 Å². The van der Waals surface area contributed by atoms with Crippen LogP contribution in [0, 0.1) is 6.92 Å². The molecule has 0 N–H and O–H groups in total. The fourth-order valence-electron chi connectivity index (χ4n) is 2.96. The highest BCUT2D eigenvalue weighted by Crippen LogP contribution is 2.29. The van der Waals surface area contributed by atoms with Crippen LogP contribution in [0.1, 0.15) is 50.9 Å². The molecule has 4 nitrogen and oxygen atoms in total. The molecule has 118 valence electrons. The molecule has 7 heteroatoms. The normalized spacial score (nSPS) is 22.9. The zero-order chi connectivity index (χ0) is 15.7. The van der Waals surface area contributed by atoms with E-state index in [0.29, 0.717) is 5.69 Å². The monoisotopic (exact) mass is 363 g/mol. The van der Waals surface area contributed by atoms with Crippen LogP contribution in [0.5, 0.6) is 0 Å². The summed E-state index contributed by atoms with van der Waals surface area (Å²) in [6.45, 7) is 5.75. The van der Waals surface area contributed by atoms with E-state index in [1.165, 1.54) is 4.68 Å². The highest BCUT2D eigenvalue weighted by Gasteiger charge is 2.30. The maximum Gasteiger partial charge on any atom is 0.283 e. The second kappa shape index (κ2) is 6.42. The molecule has 0 saturated carbocycles. The zero-order valence-corrected chi connectivity index (χ0v) is 14.0. The number of carbonyl (C=O) groups excluding carboxylic acids is 1. The molecule has 1 fully saturated rings. The summed E-state index contributed by atoms with van der Waals surface area (Å²) in [5, 5.41) is 3.87. The van der Waals surface area contributed by atoms with Crippen LogP contribution in [-0.2, 0) is 11.3 Å². The maximum atomic E-state index is 12.8. The highest BCUT2D eigenvalue weighted by atomic mass is 79.9. The summed E-state index contributed by atoms with van der Waals surface area (Å²) in [5.41, 5.74) is 0.246. The van der Waals surface area contributed by atoms with Crippen LogP contribution >= 0.6 is 15.9 Å². The van der Waals surface area contributed by atoms with Crippen LogP contribution < -0.4 is 0 Å². The van der Waals surface area contributed by atoms with Gasteiger partial charge in [0.15, 0.2) is 0 Å². The lowest BCUT2D eigenvalue weighted by atomic mass is 9.97. The van der Waals surface area contributed by atoms with Crippen LogP contribution in [-0.4, -0.2) is 32.7 Å². The molecule has 0 aromatic carbocycles. The first-order chi connectivity index (χ1) is 9.82. The summed E-state index contributed by atoms with van der Waals surface area (Å²) in [5.74, 6) is -0.0615. The molecular weight excluding hydrogens is 344 g/mol. The average Bonchev–Trinajstić information content (AvgIpc) is 2.67. The molecule has 1 aromatic rings. The van der Waals surface area contributed by atoms with Crippen molar-refractivity contribution in [3.63, 3.8) is 0 Å². The van der Waals surface area contributed by atoms with Gasteiger partial charge in [-0.05, 0) is 56.0 Å². The Balaban J connectivity index is 2.18. The van der Waals surface area contributed by atoms with Crippen molar-refractivity contribution >= 4 is 21.8 Å². The van der Waals surface area contributed by atoms with E-state index in [4.69, 9.17) is 0 Å². The van der Waals surface area contributed by atoms with Crippen LogP contribution in [0.3, 0.4) is 0 Å². The molecule has 2 rings (SSSR count). The lowest BCUT2D eigenvalue weighted by Gasteiger charge is -2.39. The Labute approximate surface area is 131 Å². The van der Waals surface area contributed by atoms with Crippen molar-refractivity contribution in [2.45, 2.75) is 65.1 Å². The third-order valence-corrected chi connectivity index (χ3v) is 5.11. The molecule has 1 amide bonds. The second-order valence-electron chi connectivity index (χ2n) is 5.67. The van der Waals surface area contributed by atoms with Crippen LogP contribution in [0.25, 0.3) is 0 Å². The number of rotatable bonds is 3. The van der Waals surface area contributed by atoms with Crippen molar-refractivity contribution in [1.82, 2.24) is 14.7 Å². The number of hydrogen-bond acceptors (Lipinski definition) is 2. The van der Waals surface area contributed by atoms with Gasteiger partial charge in [-0.15, -0.1) is 0 Å². The number of halogens is 3. The van der Waals surface area contributed by atoms with Crippen molar-refractivity contribution in [3.8, 4) is 0 Å². The van der Waals surface area contributed by atoms with Gasteiger partial charge < -0.3 is 4.90 Å². The first-order valence-electron chi connectivity index (χ1n) is 7.15. The first-order valence-corrected chi connectivity index (χ1v) is 7.94. The Morgan fingerprint density at radius 2 is 1.95 bits per heavy atom. The fourth-order valence-corrected chi connectivity index (χ4v) is 3.42. The number of hydrogen-bond donors (Lipinski definition) is 0. The topological polar surface area (TPSA) is 38.1 Å². The van der Waals surface area contributed by atoms with Gasteiger partial charge in [0.05, 0.1) is 10.2 Å². The van der Waals surface area contributed by atoms with Gasteiger partial charge in [-0.2, -0.15) is 5.10 Å². The number of carbonyl (C=O) groups is 1. The van der Waals surface area contributed by atoms with E-state index in [2.05, 4.69) is 21.0 Å². The number of nitrogens with zero attached hydrogens (tertiary/aromatic N) is 3. The SMILES string of the molecule is Cc1c(Br)c(C(F)F)nn1CC(=O)N1[C@H](C)CCC[C@H]1C. The van der Waals surface area contributed by atoms with Gasteiger partial charge in [-0.25, -0.2) is 8.78 Å². The van der Waals surface area contributed by atoms with Crippen LogP contribution in [0.4, 0.5) is 8.78 Å². The lowest BCUT2D eigenvalue weighted by Crippen LogP contribution is -2.48. The minimum Gasteiger partial charge on any atom is -0.336 e. The quantitative estimate of drug-likeness (QED) is 0.821. The molecule has 1 aliphatic rings. The van der Waals surface area contributed by atoms with E-state index in [0.717, 1.165) is 19.3 Å². The molecule has 0 radical (unpaired) electrons. The summed E-state index contributed by atoms with van der Waals surface area (Å²) in [4.78, 5) is 14.4. The van der Waals surface area contributed by atoms with Gasteiger partial charge in [0, 0.05) is 12.1 Å². The molecule has 0 unspecified atom stereocenters. The minimum absolute atomic E-state index is 0.00579. The molecule has 1 aliphatic heterocycles. The van der Waals surface area contributed by atoms with Crippen LogP contribution in [0.2, 0.25) is 0 Å². The smallest absolute Gasteiger partial charge is 0.283 e. The molecule has 2 atom stereocenters. The number of likely N-dealkylation sites (tertiary alicyclic amines) is 1. The third-order valence-electron chi connectivity index (χ3n) is 4.13. The van der Waals surface area contributed by atoms with Crippen molar-refractivity contribution in [2.75, 3.05) is 0 Å². The Morgan fingerprint density at radius 1 is 1.38 bits per heavy atom. The molecule has 0 aliphatic carbocycles. The van der Waals surface area contributed by atoms with Gasteiger partial charge in [-0.3, -0.25) is 9.48 Å². The van der Waals surface area contributed by atoms with Gasteiger partial charge in [0.2, 0.25) is 5.91 Å². The molecular formula is C14H20BrF2N3O. The Kier molecular flexibility index (Phi) is 5.01. The van der Waals surface area contributed by atoms with E-state index in [1.807, 2.05) is 18.7 Å². The zero-order valence-electron chi connectivity index (χ0n) is 12.4. The highest BCUT2D eigenvalue weighted by molar-refractivity contribution is 9.10. The van der Waals surface area contributed by atoms with Gasteiger partial charge >= 0.3 is 0 Å². The Bertz CT molecular complexity index is 523. The molecule has 21 heavy (non-hydrogen) atoms. The minimum atomic E-state index is -2.65. The molecule has 0 bridgehead atoms. The number of amides is 1. The Morgan fingerprint density at radius 3 is 2.43 bits per heavy atom. The number of piperidine rings is 1.